The van der Waals surface area contributed by atoms with Gasteiger partial charge in [-0.3, -0.25) is 4.79 Å². The van der Waals surface area contributed by atoms with Crippen LogP contribution in [0.1, 0.15) is 26.0 Å². The minimum Gasteiger partial charge on any atom is -0.467 e. The van der Waals surface area contributed by atoms with Crippen molar-refractivity contribution in [2.24, 2.45) is 5.92 Å². The smallest absolute Gasteiger partial charge is 0.225 e. The summed E-state index contributed by atoms with van der Waals surface area (Å²) in [5.41, 5.74) is 0. The third kappa shape index (κ3) is 3.37. The molecule has 1 aromatic heterocycles. The van der Waals surface area contributed by atoms with Gasteiger partial charge in [0.15, 0.2) is 9.84 Å². The van der Waals surface area contributed by atoms with Gasteiger partial charge in [0.2, 0.25) is 5.91 Å². The number of rotatable bonds is 4. The number of carbonyl (C=O) groups excluding carboxylic acids is 1. The van der Waals surface area contributed by atoms with Crippen molar-refractivity contribution in [3.05, 3.63) is 24.2 Å². The molecule has 6 heteroatoms. The predicted octanol–water partition coefficient (Wildman–Crippen LogP) is 1.45. The summed E-state index contributed by atoms with van der Waals surface area (Å²) in [6, 6.07) is 3.33. The van der Waals surface area contributed by atoms with Crippen molar-refractivity contribution in [3.8, 4) is 0 Å². The third-order valence-corrected chi connectivity index (χ3v) is 5.08. The highest BCUT2D eigenvalue weighted by Gasteiger charge is 2.35. The molecular weight excluding hydrogens is 266 g/mol. The fourth-order valence-electron chi connectivity index (χ4n) is 2.31. The van der Waals surface area contributed by atoms with Crippen molar-refractivity contribution in [2.45, 2.75) is 32.9 Å². The van der Waals surface area contributed by atoms with Crippen LogP contribution in [0.25, 0.3) is 0 Å². The maximum absolute atomic E-state index is 12.3. The number of amides is 1. The van der Waals surface area contributed by atoms with Crippen LogP contribution in [-0.4, -0.2) is 36.8 Å². The Balaban J connectivity index is 2.17. The molecule has 2 heterocycles. The Morgan fingerprint density at radius 1 is 1.53 bits per heavy atom. The first-order valence-corrected chi connectivity index (χ1v) is 8.24. The van der Waals surface area contributed by atoms with E-state index in [4.69, 9.17) is 4.42 Å². The molecule has 1 fully saturated rings. The van der Waals surface area contributed by atoms with Gasteiger partial charge in [-0.25, -0.2) is 8.42 Å². The summed E-state index contributed by atoms with van der Waals surface area (Å²) in [5, 5.41) is 0. The summed E-state index contributed by atoms with van der Waals surface area (Å²) < 4.78 is 28.4. The molecule has 1 saturated heterocycles. The van der Waals surface area contributed by atoms with Gasteiger partial charge in [0.05, 0.1) is 24.3 Å². The van der Waals surface area contributed by atoms with Crippen LogP contribution >= 0.6 is 0 Å². The van der Waals surface area contributed by atoms with Crippen molar-refractivity contribution in [3.63, 3.8) is 0 Å². The van der Waals surface area contributed by atoms with Gasteiger partial charge < -0.3 is 9.32 Å². The van der Waals surface area contributed by atoms with Crippen molar-refractivity contribution < 1.29 is 17.6 Å². The second kappa shape index (κ2) is 5.36. The van der Waals surface area contributed by atoms with Gasteiger partial charge in [-0.15, -0.1) is 0 Å². The van der Waals surface area contributed by atoms with Crippen LogP contribution in [0.3, 0.4) is 0 Å². The molecular formula is C13H19NO4S. The standard InChI is InChI=1S/C13H19NO4S/c1-10(2)13(15)14(8-12-4-3-6-18-12)11-5-7-19(16,17)9-11/h3-4,6,10-11H,5,7-9H2,1-2H3/t11-/m0/s1. The Labute approximate surface area is 113 Å². The van der Waals surface area contributed by atoms with Crippen LogP contribution in [0, 0.1) is 5.92 Å². The van der Waals surface area contributed by atoms with E-state index in [1.54, 1.807) is 23.3 Å². The lowest BCUT2D eigenvalue weighted by atomic mass is 10.1. The molecule has 0 aromatic carbocycles. The second-order valence-electron chi connectivity index (χ2n) is 5.26. The van der Waals surface area contributed by atoms with E-state index in [1.807, 2.05) is 13.8 Å². The molecule has 1 aliphatic rings. The fraction of sp³-hybridized carbons (Fsp3) is 0.615. The van der Waals surface area contributed by atoms with Crippen molar-refractivity contribution in [1.29, 1.82) is 0 Å². The van der Waals surface area contributed by atoms with Gasteiger partial charge in [0.25, 0.3) is 0 Å². The highest BCUT2D eigenvalue weighted by molar-refractivity contribution is 7.91. The Bertz CT molecular complexity index is 533. The van der Waals surface area contributed by atoms with Crippen LogP contribution in [0.4, 0.5) is 0 Å². The van der Waals surface area contributed by atoms with Crippen molar-refractivity contribution >= 4 is 15.7 Å². The van der Waals surface area contributed by atoms with Gasteiger partial charge >= 0.3 is 0 Å². The number of furan rings is 1. The van der Waals surface area contributed by atoms with Gasteiger partial charge in [-0.05, 0) is 18.6 Å². The minimum absolute atomic E-state index is 0.0292. The first-order chi connectivity index (χ1) is 8.89. The molecule has 19 heavy (non-hydrogen) atoms. The topological polar surface area (TPSA) is 67.6 Å². The molecule has 1 aromatic rings. The predicted molar refractivity (Wildman–Crippen MR) is 71.2 cm³/mol. The maximum Gasteiger partial charge on any atom is 0.225 e. The molecule has 1 aliphatic heterocycles. The lowest BCUT2D eigenvalue weighted by Gasteiger charge is -2.29. The molecule has 1 atom stereocenters. The highest BCUT2D eigenvalue weighted by Crippen LogP contribution is 2.22. The Morgan fingerprint density at radius 3 is 2.74 bits per heavy atom. The van der Waals surface area contributed by atoms with E-state index in [-0.39, 0.29) is 29.4 Å². The lowest BCUT2D eigenvalue weighted by Crippen LogP contribution is -2.42. The van der Waals surface area contributed by atoms with E-state index in [1.165, 1.54) is 0 Å². The van der Waals surface area contributed by atoms with E-state index < -0.39 is 9.84 Å². The minimum atomic E-state index is -3.00. The number of nitrogens with zero attached hydrogens (tertiary/aromatic N) is 1. The number of hydrogen-bond donors (Lipinski definition) is 0. The van der Waals surface area contributed by atoms with Crippen LogP contribution in [0.5, 0.6) is 0 Å². The number of sulfone groups is 1. The Morgan fingerprint density at radius 2 is 2.26 bits per heavy atom. The molecule has 0 bridgehead atoms. The molecule has 0 saturated carbocycles. The van der Waals surface area contributed by atoms with E-state index in [0.29, 0.717) is 18.7 Å². The van der Waals surface area contributed by atoms with Gasteiger partial charge in [-0.2, -0.15) is 0 Å². The van der Waals surface area contributed by atoms with Gasteiger partial charge in [-0.1, -0.05) is 13.8 Å². The lowest BCUT2D eigenvalue weighted by molar-refractivity contribution is -0.137. The Kier molecular flexibility index (Phi) is 3.99. The molecule has 1 amide bonds. The molecule has 5 nitrogen and oxygen atoms in total. The van der Waals surface area contributed by atoms with Crippen molar-refractivity contribution in [2.75, 3.05) is 11.5 Å². The molecule has 0 spiro atoms. The molecule has 0 unspecified atom stereocenters. The number of hydrogen-bond acceptors (Lipinski definition) is 4. The van der Waals surface area contributed by atoms with E-state index in [2.05, 4.69) is 0 Å². The highest BCUT2D eigenvalue weighted by atomic mass is 32.2. The zero-order chi connectivity index (χ0) is 14.0. The van der Waals surface area contributed by atoms with Crippen LogP contribution in [0.15, 0.2) is 22.8 Å². The summed E-state index contributed by atoms with van der Waals surface area (Å²) in [4.78, 5) is 13.9. The van der Waals surface area contributed by atoms with Crippen LogP contribution in [-0.2, 0) is 21.2 Å². The first kappa shape index (κ1) is 14.1. The average molecular weight is 285 g/mol. The summed E-state index contributed by atoms with van der Waals surface area (Å²) in [7, 11) is -3.00. The molecule has 0 aliphatic carbocycles. The summed E-state index contributed by atoms with van der Waals surface area (Å²) >= 11 is 0. The first-order valence-electron chi connectivity index (χ1n) is 6.42. The molecule has 0 radical (unpaired) electrons. The number of carbonyl (C=O) groups is 1. The molecule has 0 N–H and O–H groups in total. The Hall–Kier alpha value is -1.30. The SMILES string of the molecule is CC(C)C(=O)N(Cc1ccco1)[C@H]1CCS(=O)(=O)C1. The normalized spacial score (nSPS) is 21.7. The van der Waals surface area contributed by atoms with Crippen molar-refractivity contribution in [1.82, 2.24) is 4.90 Å². The van der Waals surface area contributed by atoms with Gasteiger partial charge in [0.1, 0.15) is 5.76 Å². The fourth-order valence-corrected chi connectivity index (χ4v) is 4.04. The van der Waals surface area contributed by atoms with Crippen LogP contribution in [0.2, 0.25) is 0 Å². The average Bonchev–Trinajstić information content (AvgIpc) is 2.94. The van der Waals surface area contributed by atoms with E-state index in [9.17, 15) is 13.2 Å². The zero-order valence-electron chi connectivity index (χ0n) is 11.2. The van der Waals surface area contributed by atoms with Crippen LogP contribution < -0.4 is 0 Å². The maximum atomic E-state index is 12.3. The second-order valence-corrected chi connectivity index (χ2v) is 7.49. The largest absolute Gasteiger partial charge is 0.467 e. The van der Waals surface area contributed by atoms with E-state index >= 15 is 0 Å². The molecule has 2 rings (SSSR count). The van der Waals surface area contributed by atoms with Gasteiger partial charge in [0, 0.05) is 12.0 Å². The zero-order valence-corrected chi connectivity index (χ0v) is 12.0. The summed E-state index contributed by atoms with van der Waals surface area (Å²) in [5.74, 6) is 0.721. The molecule has 106 valence electrons. The quantitative estimate of drug-likeness (QED) is 0.839. The van der Waals surface area contributed by atoms with E-state index in [0.717, 1.165) is 0 Å². The summed E-state index contributed by atoms with van der Waals surface area (Å²) in [6.45, 7) is 3.98. The summed E-state index contributed by atoms with van der Waals surface area (Å²) in [6.07, 6.45) is 2.07. The third-order valence-electron chi connectivity index (χ3n) is 3.33. The monoisotopic (exact) mass is 285 g/mol.